The molecule has 36 heavy (non-hydrogen) atoms. The van der Waals surface area contributed by atoms with Gasteiger partial charge in [0.2, 0.25) is 5.91 Å². The van der Waals surface area contributed by atoms with E-state index in [1.807, 2.05) is 66.7 Å². The number of nitrogens with zero attached hydrogens (tertiary/aromatic N) is 2. The van der Waals surface area contributed by atoms with E-state index in [0.29, 0.717) is 38.0 Å². The molecular weight excluding hydrogens is 454 g/mol. The maximum absolute atomic E-state index is 13.3. The highest BCUT2D eigenvalue weighted by Gasteiger charge is 2.31. The molecule has 0 saturated carbocycles. The Bertz CT molecular complexity index is 1240. The Hall–Kier alpha value is -3.97. The zero-order valence-corrected chi connectivity index (χ0v) is 20.4. The van der Waals surface area contributed by atoms with E-state index in [-0.39, 0.29) is 18.2 Å². The summed E-state index contributed by atoms with van der Waals surface area (Å²) in [5.74, 6) is -2.02. The number of hydrogen-bond donors (Lipinski definition) is 2. The minimum Gasteiger partial charge on any atom is -0.481 e. The van der Waals surface area contributed by atoms with Crippen molar-refractivity contribution in [2.45, 2.75) is 32.4 Å². The molecule has 3 N–H and O–H groups in total. The van der Waals surface area contributed by atoms with Crippen molar-refractivity contribution in [3.63, 3.8) is 0 Å². The van der Waals surface area contributed by atoms with E-state index in [1.54, 1.807) is 22.9 Å². The summed E-state index contributed by atoms with van der Waals surface area (Å²) < 4.78 is 0. The quantitative estimate of drug-likeness (QED) is 0.507. The molecule has 0 radical (unpaired) electrons. The van der Waals surface area contributed by atoms with Gasteiger partial charge in [0, 0.05) is 37.9 Å². The minimum atomic E-state index is -1.01. The van der Waals surface area contributed by atoms with E-state index in [9.17, 15) is 19.5 Å². The molecule has 3 aromatic rings. The first-order valence-electron chi connectivity index (χ1n) is 12.1. The first kappa shape index (κ1) is 25.1. The fraction of sp³-hybridized carbons (Fsp3) is 0.276. The van der Waals surface area contributed by atoms with Crippen molar-refractivity contribution in [3.05, 3.63) is 101 Å². The van der Waals surface area contributed by atoms with Crippen LogP contribution in [-0.4, -0.2) is 41.4 Å². The number of amides is 2. The highest BCUT2D eigenvalue weighted by Crippen LogP contribution is 2.27. The van der Waals surface area contributed by atoms with Gasteiger partial charge < -0.3 is 20.6 Å². The summed E-state index contributed by atoms with van der Waals surface area (Å²) in [6.45, 7) is 1.32. The number of anilines is 1. The van der Waals surface area contributed by atoms with Gasteiger partial charge in [-0.1, -0.05) is 48.5 Å². The first-order valence-corrected chi connectivity index (χ1v) is 12.1. The van der Waals surface area contributed by atoms with Gasteiger partial charge in [-0.2, -0.15) is 0 Å². The molecule has 7 nitrogen and oxygen atoms in total. The van der Waals surface area contributed by atoms with Gasteiger partial charge in [0.15, 0.2) is 0 Å². The molecule has 0 bridgehead atoms. The predicted octanol–water partition coefficient (Wildman–Crippen LogP) is 3.64. The third-order valence-corrected chi connectivity index (χ3v) is 6.74. The van der Waals surface area contributed by atoms with E-state index in [0.717, 1.165) is 27.9 Å². The molecule has 1 atom stereocenters. The number of rotatable bonds is 8. The lowest BCUT2D eigenvalue weighted by atomic mass is 9.93. The Morgan fingerprint density at radius 2 is 1.72 bits per heavy atom. The van der Waals surface area contributed by atoms with E-state index in [4.69, 9.17) is 5.73 Å². The molecule has 3 aromatic carbocycles. The van der Waals surface area contributed by atoms with Crippen LogP contribution in [0.1, 0.15) is 39.0 Å². The number of benzene rings is 3. The van der Waals surface area contributed by atoms with Crippen LogP contribution in [0.5, 0.6) is 0 Å². The molecule has 1 aliphatic heterocycles. The van der Waals surface area contributed by atoms with Crippen LogP contribution in [0.3, 0.4) is 0 Å². The number of carboxylic acids is 1. The molecule has 4 rings (SSSR count). The second-order valence-electron chi connectivity index (χ2n) is 9.21. The highest BCUT2D eigenvalue weighted by atomic mass is 16.4. The third kappa shape index (κ3) is 5.80. The lowest BCUT2D eigenvalue weighted by Crippen LogP contribution is -2.37. The molecule has 2 amide bonds. The predicted molar refractivity (Wildman–Crippen MR) is 139 cm³/mol. The van der Waals surface area contributed by atoms with Gasteiger partial charge in [-0.3, -0.25) is 14.4 Å². The van der Waals surface area contributed by atoms with Crippen LogP contribution in [0.25, 0.3) is 0 Å². The first-order chi connectivity index (χ1) is 17.4. The van der Waals surface area contributed by atoms with Crippen LogP contribution in [0.4, 0.5) is 5.69 Å². The largest absolute Gasteiger partial charge is 0.481 e. The van der Waals surface area contributed by atoms with Gasteiger partial charge in [-0.05, 0) is 59.4 Å². The molecule has 0 unspecified atom stereocenters. The standard InChI is InChI=1S/C29H31N3O4/c1-31(26-11-7-21(18-30)8-12-26)28(35)22-9-10-23-19-32(14-13-20-5-3-2-4-6-20)29(36)25(17-27(33)34)16-24(23)15-22/h2-12,15,25H,13-14,16-19,30H2,1H3,(H,33,34)/t25-/m1/s1. The molecule has 1 aliphatic rings. The smallest absolute Gasteiger partial charge is 0.304 e. The number of fused-ring (bicyclic) bond motifs is 1. The lowest BCUT2D eigenvalue weighted by Gasteiger charge is -2.24. The summed E-state index contributed by atoms with van der Waals surface area (Å²) in [4.78, 5) is 41.4. The molecule has 0 aliphatic carbocycles. The van der Waals surface area contributed by atoms with Gasteiger partial charge in [0.05, 0.1) is 12.3 Å². The maximum Gasteiger partial charge on any atom is 0.304 e. The molecule has 0 saturated heterocycles. The van der Waals surface area contributed by atoms with Crippen molar-refractivity contribution in [1.82, 2.24) is 4.90 Å². The van der Waals surface area contributed by atoms with Crippen molar-refractivity contribution < 1.29 is 19.5 Å². The van der Waals surface area contributed by atoms with Crippen molar-refractivity contribution in [1.29, 1.82) is 0 Å². The van der Waals surface area contributed by atoms with Crippen molar-refractivity contribution in [3.8, 4) is 0 Å². The Balaban J connectivity index is 1.58. The molecule has 7 heteroatoms. The summed E-state index contributed by atoms with van der Waals surface area (Å²) >= 11 is 0. The number of aliphatic carboxylic acids is 1. The summed E-state index contributed by atoms with van der Waals surface area (Å²) in [7, 11) is 1.72. The van der Waals surface area contributed by atoms with Gasteiger partial charge >= 0.3 is 5.97 Å². The molecular formula is C29H31N3O4. The Morgan fingerprint density at radius 3 is 2.39 bits per heavy atom. The molecule has 0 fully saturated rings. The normalized spacial score (nSPS) is 15.2. The van der Waals surface area contributed by atoms with E-state index >= 15 is 0 Å². The van der Waals surface area contributed by atoms with Crippen LogP contribution in [0.2, 0.25) is 0 Å². The van der Waals surface area contributed by atoms with Crippen LogP contribution >= 0.6 is 0 Å². The Labute approximate surface area is 211 Å². The van der Waals surface area contributed by atoms with Crippen LogP contribution in [0, 0.1) is 5.92 Å². The summed E-state index contributed by atoms with van der Waals surface area (Å²) in [5.41, 5.74) is 10.8. The second-order valence-corrected chi connectivity index (χ2v) is 9.21. The fourth-order valence-electron chi connectivity index (χ4n) is 4.63. The fourth-order valence-corrected chi connectivity index (χ4v) is 4.63. The molecule has 0 aromatic heterocycles. The monoisotopic (exact) mass is 485 g/mol. The average Bonchev–Trinajstić information content (AvgIpc) is 3.02. The topological polar surface area (TPSA) is 104 Å². The minimum absolute atomic E-state index is 0.158. The van der Waals surface area contributed by atoms with Crippen molar-refractivity contribution in [2.75, 3.05) is 18.5 Å². The lowest BCUT2D eigenvalue weighted by molar-refractivity contribution is -0.144. The van der Waals surface area contributed by atoms with Gasteiger partial charge in [0.1, 0.15) is 0 Å². The van der Waals surface area contributed by atoms with Gasteiger partial charge in [0.25, 0.3) is 5.91 Å². The second kappa shape index (κ2) is 11.2. The van der Waals surface area contributed by atoms with Crippen molar-refractivity contribution >= 4 is 23.5 Å². The Morgan fingerprint density at radius 1 is 1.00 bits per heavy atom. The summed E-state index contributed by atoms with van der Waals surface area (Å²) in [6.07, 6.45) is 0.732. The van der Waals surface area contributed by atoms with E-state index in [2.05, 4.69) is 0 Å². The van der Waals surface area contributed by atoms with Gasteiger partial charge in [-0.15, -0.1) is 0 Å². The van der Waals surface area contributed by atoms with Crippen LogP contribution in [0.15, 0.2) is 72.8 Å². The highest BCUT2D eigenvalue weighted by molar-refractivity contribution is 6.06. The summed E-state index contributed by atoms with van der Waals surface area (Å²) in [5, 5.41) is 9.46. The maximum atomic E-state index is 13.3. The van der Waals surface area contributed by atoms with Crippen LogP contribution in [-0.2, 0) is 35.5 Å². The molecule has 1 heterocycles. The molecule has 186 valence electrons. The number of carbonyl (C=O) groups excluding carboxylic acids is 2. The summed E-state index contributed by atoms with van der Waals surface area (Å²) in [6, 6.07) is 22.9. The Kier molecular flexibility index (Phi) is 7.80. The third-order valence-electron chi connectivity index (χ3n) is 6.74. The average molecular weight is 486 g/mol. The SMILES string of the molecule is CN(C(=O)c1ccc2c(c1)C[C@H](CC(=O)O)C(=O)N(CCc1ccccc1)C2)c1ccc(CN)cc1. The van der Waals surface area contributed by atoms with E-state index < -0.39 is 11.9 Å². The zero-order chi connectivity index (χ0) is 25.7. The van der Waals surface area contributed by atoms with E-state index in [1.165, 1.54) is 0 Å². The molecule has 0 spiro atoms. The zero-order valence-electron chi connectivity index (χ0n) is 20.4. The van der Waals surface area contributed by atoms with Crippen molar-refractivity contribution in [2.24, 2.45) is 11.7 Å². The number of carbonyl (C=O) groups is 3. The number of carboxylic acid groups (broad SMARTS) is 1. The number of nitrogens with two attached hydrogens (primary N) is 1. The number of hydrogen-bond acceptors (Lipinski definition) is 4. The van der Waals surface area contributed by atoms with Crippen LogP contribution < -0.4 is 10.6 Å². The van der Waals surface area contributed by atoms with Gasteiger partial charge in [-0.25, -0.2) is 0 Å².